The Morgan fingerprint density at radius 3 is 2.58 bits per heavy atom. The maximum absolute atomic E-state index is 13.4. The molecule has 0 radical (unpaired) electrons. The topological polar surface area (TPSA) is 61.8 Å². The minimum Gasteiger partial charge on any atom is -0.497 e. The molecule has 0 bridgehead atoms. The molecule has 0 spiro atoms. The van der Waals surface area contributed by atoms with Crippen molar-refractivity contribution >= 4 is 17.7 Å². The molecule has 188 valence electrons. The number of carbonyl (C=O) groups excluding carboxylic acids is 1. The van der Waals surface area contributed by atoms with E-state index in [-0.39, 0.29) is 5.91 Å². The Hall–Kier alpha value is -3.61. The predicted octanol–water partition coefficient (Wildman–Crippen LogP) is 4.56. The first-order valence-electron chi connectivity index (χ1n) is 12.8. The van der Waals surface area contributed by atoms with Crippen LogP contribution < -0.4 is 14.5 Å². The quantitative estimate of drug-likeness (QED) is 0.510. The molecule has 1 saturated heterocycles. The van der Waals surface area contributed by atoms with E-state index in [1.807, 2.05) is 35.2 Å². The van der Waals surface area contributed by atoms with E-state index in [4.69, 9.17) is 14.7 Å². The Balaban J connectivity index is 1.45. The lowest BCUT2D eigenvalue weighted by Crippen LogP contribution is -2.40. The highest BCUT2D eigenvalue weighted by Gasteiger charge is 2.30. The molecule has 3 aromatic rings. The summed E-state index contributed by atoms with van der Waals surface area (Å²) in [4.78, 5) is 30.0. The summed E-state index contributed by atoms with van der Waals surface area (Å²) >= 11 is 0. The van der Waals surface area contributed by atoms with Crippen molar-refractivity contribution in [1.82, 2.24) is 14.9 Å². The van der Waals surface area contributed by atoms with Crippen molar-refractivity contribution in [1.29, 1.82) is 0 Å². The first kappa shape index (κ1) is 24.1. The first-order chi connectivity index (χ1) is 17.5. The van der Waals surface area contributed by atoms with E-state index in [1.165, 1.54) is 5.56 Å². The van der Waals surface area contributed by atoms with Crippen molar-refractivity contribution in [2.45, 2.75) is 39.3 Å². The number of nitrogens with zero attached hydrogens (tertiary/aromatic N) is 5. The molecule has 2 aliphatic rings. The third-order valence-corrected chi connectivity index (χ3v) is 7.32. The second-order valence-electron chi connectivity index (χ2n) is 9.99. The molecule has 1 fully saturated rings. The summed E-state index contributed by atoms with van der Waals surface area (Å²) in [7, 11) is 3.68. The molecule has 7 heteroatoms. The van der Waals surface area contributed by atoms with Crippen LogP contribution in [0.4, 0.5) is 11.8 Å². The van der Waals surface area contributed by atoms with Crippen LogP contribution in [0.15, 0.2) is 54.6 Å². The molecule has 0 saturated carbocycles. The third-order valence-electron chi connectivity index (χ3n) is 7.32. The minimum absolute atomic E-state index is 0.0167. The molecule has 0 N–H and O–H groups in total. The van der Waals surface area contributed by atoms with E-state index in [0.29, 0.717) is 24.4 Å². The lowest BCUT2D eigenvalue weighted by atomic mass is 9.98. The highest BCUT2D eigenvalue weighted by Crippen LogP contribution is 2.32. The van der Waals surface area contributed by atoms with Crippen LogP contribution in [0.25, 0.3) is 0 Å². The molecular formula is C29H35N5O2. The summed E-state index contributed by atoms with van der Waals surface area (Å²) < 4.78 is 5.33. The number of methoxy groups -OCH3 is 1. The molecule has 2 aromatic carbocycles. The fraction of sp³-hybridized carbons (Fsp3) is 0.414. The molecule has 5 rings (SSSR count). The number of amides is 1. The van der Waals surface area contributed by atoms with Crippen LogP contribution in [0.2, 0.25) is 0 Å². The Kier molecular flexibility index (Phi) is 7.07. The molecule has 1 amide bonds. The number of piperidine rings is 1. The summed E-state index contributed by atoms with van der Waals surface area (Å²) in [6.07, 6.45) is 3.03. The zero-order valence-corrected chi connectivity index (χ0v) is 21.5. The lowest BCUT2D eigenvalue weighted by molar-refractivity contribution is 0.0733. The minimum atomic E-state index is 0.0167. The van der Waals surface area contributed by atoms with Gasteiger partial charge in [0.05, 0.1) is 19.3 Å². The van der Waals surface area contributed by atoms with Gasteiger partial charge >= 0.3 is 0 Å². The summed E-state index contributed by atoms with van der Waals surface area (Å²) in [6.45, 7) is 6.19. The van der Waals surface area contributed by atoms with Crippen LogP contribution in [-0.2, 0) is 19.5 Å². The molecule has 36 heavy (non-hydrogen) atoms. The molecule has 0 unspecified atom stereocenters. The van der Waals surface area contributed by atoms with Gasteiger partial charge < -0.3 is 19.4 Å². The fourth-order valence-corrected chi connectivity index (χ4v) is 5.08. The van der Waals surface area contributed by atoms with E-state index in [9.17, 15) is 4.79 Å². The molecule has 3 heterocycles. The first-order valence-corrected chi connectivity index (χ1v) is 12.8. The van der Waals surface area contributed by atoms with Crippen molar-refractivity contribution in [2.24, 2.45) is 5.92 Å². The number of rotatable bonds is 6. The number of benzene rings is 2. The Labute approximate surface area is 213 Å². The maximum atomic E-state index is 13.4. The van der Waals surface area contributed by atoms with Crippen LogP contribution >= 0.6 is 0 Å². The second kappa shape index (κ2) is 10.6. The number of carbonyl (C=O) groups is 1. The fourth-order valence-electron chi connectivity index (χ4n) is 5.08. The van der Waals surface area contributed by atoms with Crippen molar-refractivity contribution in [3.63, 3.8) is 0 Å². The van der Waals surface area contributed by atoms with Crippen LogP contribution in [0.3, 0.4) is 0 Å². The van der Waals surface area contributed by atoms with Gasteiger partial charge in [-0.15, -0.1) is 0 Å². The van der Waals surface area contributed by atoms with Crippen LogP contribution in [-0.4, -0.2) is 54.6 Å². The van der Waals surface area contributed by atoms with E-state index >= 15 is 0 Å². The van der Waals surface area contributed by atoms with E-state index in [2.05, 4.69) is 48.0 Å². The smallest absolute Gasteiger partial charge is 0.254 e. The summed E-state index contributed by atoms with van der Waals surface area (Å²) in [5.41, 5.74) is 4.02. The number of ether oxygens (including phenoxy) is 1. The monoisotopic (exact) mass is 485 g/mol. The average molecular weight is 486 g/mol. The molecule has 1 aromatic heterocycles. The number of anilines is 2. The normalized spacial score (nSPS) is 16.0. The van der Waals surface area contributed by atoms with E-state index < -0.39 is 0 Å². The average Bonchev–Trinajstić information content (AvgIpc) is 2.92. The van der Waals surface area contributed by atoms with Crippen molar-refractivity contribution in [3.05, 3.63) is 77.0 Å². The van der Waals surface area contributed by atoms with Gasteiger partial charge in [-0.05, 0) is 42.5 Å². The predicted molar refractivity (Wildman–Crippen MR) is 143 cm³/mol. The number of aromatic nitrogens is 2. The third kappa shape index (κ3) is 5.15. The molecule has 7 nitrogen and oxygen atoms in total. The standard InChI is InChI=1S/C29H35N5O2/c1-21-12-15-33(16-13-21)27-25-20-34(28(35)23-10-7-11-24(18-23)36-3)17-14-26(25)30-29(31-27)32(2)19-22-8-5-4-6-9-22/h4-11,18,21H,12-17,19-20H2,1-3H3. The SMILES string of the molecule is COc1cccc(C(=O)N2CCc3nc(N(C)Cc4ccccc4)nc(N4CCC(C)CC4)c3C2)c1. The number of hydrogen-bond donors (Lipinski definition) is 0. The molecule has 2 aliphatic heterocycles. The zero-order chi connectivity index (χ0) is 25.1. The van der Waals surface area contributed by atoms with Gasteiger partial charge in [0, 0.05) is 50.8 Å². The van der Waals surface area contributed by atoms with Crippen LogP contribution in [0.1, 0.15) is 46.9 Å². The van der Waals surface area contributed by atoms with Crippen molar-refractivity contribution in [2.75, 3.05) is 43.6 Å². The van der Waals surface area contributed by atoms with Gasteiger partial charge in [0.25, 0.3) is 5.91 Å². The molecular weight excluding hydrogens is 450 g/mol. The van der Waals surface area contributed by atoms with Gasteiger partial charge in [-0.3, -0.25) is 4.79 Å². The second-order valence-corrected chi connectivity index (χ2v) is 9.99. The van der Waals surface area contributed by atoms with Crippen molar-refractivity contribution in [3.8, 4) is 5.75 Å². The Morgan fingerprint density at radius 1 is 1.06 bits per heavy atom. The van der Waals surface area contributed by atoms with Gasteiger partial charge in [-0.2, -0.15) is 4.98 Å². The van der Waals surface area contributed by atoms with Gasteiger partial charge in [-0.25, -0.2) is 4.98 Å². The van der Waals surface area contributed by atoms with E-state index in [1.54, 1.807) is 7.11 Å². The highest BCUT2D eigenvalue weighted by atomic mass is 16.5. The number of hydrogen-bond acceptors (Lipinski definition) is 6. The van der Waals surface area contributed by atoms with Gasteiger partial charge in [-0.1, -0.05) is 43.3 Å². The van der Waals surface area contributed by atoms with E-state index in [0.717, 1.165) is 67.8 Å². The van der Waals surface area contributed by atoms with Gasteiger partial charge in [0.15, 0.2) is 0 Å². The largest absolute Gasteiger partial charge is 0.497 e. The number of fused-ring (bicyclic) bond motifs is 1. The van der Waals surface area contributed by atoms with Gasteiger partial charge in [0.2, 0.25) is 5.95 Å². The Bertz CT molecular complexity index is 1210. The van der Waals surface area contributed by atoms with Crippen LogP contribution in [0.5, 0.6) is 5.75 Å². The summed E-state index contributed by atoms with van der Waals surface area (Å²) in [5.74, 6) is 3.17. The lowest BCUT2D eigenvalue weighted by Gasteiger charge is -2.36. The maximum Gasteiger partial charge on any atom is 0.254 e. The summed E-state index contributed by atoms with van der Waals surface area (Å²) in [6, 6.07) is 17.8. The molecule has 0 atom stereocenters. The zero-order valence-electron chi connectivity index (χ0n) is 21.5. The van der Waals surface area contributed by atoms with Crippen molar-refractivity contribution < 1.29 is 9.53 Å². The van der Waals surface area contributed by atoms with Crippen LogP contribution in [0, 0.1) is 5.92 Å². The Morgan fingerprint density at radius 2 is 1.83 bits per heavy atom. The van der Waals surface area contributed by atoms with Gasteiger partial charge in [0.1, 0.15) is 11.6 Å². The highest BCUT2D eigenvalue weighted by molar-refractivity contribution is 5.94. The molecule has 0 aliphatic carbocycles. The summed E-state index contributed by atoms with van der Waals surface area (Å²) in [5, 5.41) is 0.